The number of nitriles is 1. The molecule has 1 aromatic carbocycles. The summed E-state index contributed by atoms with van der Waals surface area (Å²) >= 11 is 0. The highest BCUT2D eigenvalue weighted by Gasteiger charge is 2.48. The number of sulfone groups is 1. The Labute approximate surface area is 183 Å². The predicted molar refractivity (Wildman–Crippen MR) is 110 cm³/mol. The molecule has 0 bridgehead atoms. The molecule has 0 aliphatic heterocycles. The minimum Gasteiger partial charge on any atom is -0.336 e. The number of benzene rings is 1. The Morgan fingerprint density at radius 1 is 1.16 bits per heavy atom. The number of alkyl halides is 3. The van der Waals surface area contributed by atoms with E-state index >= 15 is 0 Å². The van der Waals surface area contributed by atoms with Gasteiger partial charge in [-0.05, 0) is 30.5 Å². The molecule has 0 saturated heterocycles. The highest BCUT2D eigenvalue weighted by atomic mass is 32.2. The van der Waals surface area contributed by atoms with Crippen LogP contribution in [0.15, 0.2) is 54.7 Å². The average molecular weight is 466 g/mol. The third-order valence-electron chi connectivity index (χ3n) is 4.97. The monoisotopic (exact) mass is 466 g/mol. The van der Waals surface area contributed by atoms with Crippen LogP contribution in [0.25, 0.3) is 0 Å². The van der Waals surface area contributed by atoms with E-state index in [1.54, 1.807) is 30.3 Å². The average Bonchev–Trinajstić information content (AvgIpc) is 3.51. The lowest BCUT2D eigenvalue weighted by Gasteiger charge is -2.27. The zero-order chi connectivity index (χ0) is 23.4. The first-order valence-corrected chi connectivity index (χ1v) is 11.6. The summed E-state index contributed by atoms with van der Waals surface area (Å²) in [6, 6.07) is 9.84. The van der Waals surface area contributed by atoms with Gasteiger partial charge in [-0.15, -0.1) is 0 Å². The third-order valence-corrected chi connectivity index (χ3v) is 6.59. The molecule has 7 nitrogen and oxygen atoms in total. The van der Waals surface area contributed by atoms with Gasteiger partial charge in [-0.25, -0.2) is 8.42 Å². The van der Waals surface area contributed by atoms with Gasteiger partial charge in [0.2, 0.25) is 5.91 Å². The van der Waals surface area contributed by atoms with Gasteiger partial charge in [-0.2, -0.15) is 18.4 Å². The van der Waals surface area contributed by atoms with Crippen LogP contribution in [0.2, 0.25) is 0 Å². The van der Waals surface area contributed by atoms with E-state index in [9.17, 15) is 31.6 Å². The number of pyridine rings is 1. The van der Waals surface area contributed by atoms with Gasteiger partial charge in [0, 0.05) is 6.20 Å². The second-order valence-corrected chi connectivity index (χ2v) is 9.78. The molecule has 2 N–H and O–H groups in total. The Balaban J connectivity index is 1.87. The highest BCUT2D eigenvalue weighted by Crippen LogP contribution is 2.35. The van der Waals surface area contributed by atoms with E-state index < -0.39 is 56.7 Å². The number of carbonyl (C=O) groups is 1. The number of amides is 1. The Kier molecular flexibility index (Phi) is 6.85. The second kappa shape index (κ2) is 9.26. The molecule has 2 atom stereocenters. The molecule has 0 unspecified atom stereocenters. The summed E-state index contributed by atoms with van der Waals surface area (Å²) in [5.41, 5.74) is -1.13. The summed E-state index contributed by atoms with van der Waals surface area (Å²) in [7, 11) is -3.99. The lowest BCUT2D eigenvalue weighted by Crippen LogP contribution is -2.54. The number of nitrogens with one attached hydrogen (secondary N) is 2. The summed E-state index contributed by atoms with van der Waals surface area (Å²) < 4.78 is 66.9. The molecule has 32 heavy (non-hydrogen) atoms. The Bertz CT molecular complexity index is 1080. The molecule has 2 aromatic rings. The first-order chi connectivity index (χ1) is 15.0. The van der Waals surface area contributed by atoms with Crippen molar-refractivity contribution >= 4 is 15.7 Å². The van der Waals surface area contributed by atoms with E-state index in [0.29, 0.717) is 18.4 Å². The number of rotatable bonds is 9. The Hall–Kier alpha value is -2.97. The quantitative estimate of drug-likeness (QED) is 0.587. The zero-order valence-corrected chi connectivity index (χ0v) is 17.7. The van der Waals surface area contributed by atoms with Crippen molar-refractivity contribution < 1.29 is 26.4 Å². The van der Waals surface area contributed by atoms with Gasteiger partial charge in [0.25, 0.3) is 0 Å². The molecule has 170 valence electrons. The normalized spacial score (nSPS) is 17.1. The van der Waals surface area contributed by atoms with Gasteiger partial charge in [0.15, 0.2) is 9.84 Å². The van der Waals surface area contributed by atoms with Crippen LogP contribution in [-0.2, 0) is 20.4 Å². The summed E-state index contributed by atoms with van der Waals surface area (Å²) in [4.78, 5) is 16.5. The maximum Gasteiger partial charge on any atom is 0.409 e. The minimum absolute atomic E-state index is 0.349. The van der Waals surface area contributed by atoms with Gasteiger partial charge in [0.1, 0.15) is 17.6 Å². The molecule has 1 fully saturated rings. The van der Waals surface area contributed by atoms with Crippen LogP contribution in [0.4, 0.5) is 13.2 Å². The Morgan fingerprint density at radius 2 is 1.81 bits per heavy atom. The molecule has 1 heterocycles. The summed E-state index contributed by atoms with van der Waals surface area (Å²) in [6.45, 7) is 0. The van der Waals surface area contributed by atoms with Crippen LogP contribution in [0.5, 0.6) is 0 Å². The van der Waals surface area contributed by atoms with E-state index in [-0.39, 0.29) is 0 Å². The molecule has 0 spiro atoms. The molecule has 1 saturated carbocycles. The number of nitrogens with zero attached hydrogens (tertiary/aromatic N) is 2. The van der Waals surface area contributed by atoms with E-state index in [1.807, 2.05) is 6.07 Å². The number of aromatic nitrogens is 1. The van der Waals surface area contributed by atoms with Crippen molar-refractivity contribution in [3.05, 3.63) is 66.0 Å². The van der Waals surface area contributed by atoms with Crippen LogP contribution in [0.3, 0.4) is 0 Å². The molecular formula is C21H21F3N4O3S. The first-order valence-electron chi connectivity index (χ1n) is 9.75. The molecule has 1 aliphatic carbocycles. The summed E-state index contributed by atoms with van der Waals surface area (Å²) in [6.07, 6.45) is -2.97. The molecule has 0 radical (unpaired) electrons. The van der Waals surface area contributed by atoms with Crippen LogP contribution in [0.1, 0.15) is 30.1 Å². The molecular weight excluding hydrogens is 445 g/mol. The lowest BCUT2D eigenvalue weighted by atomic mass is 10.1. The van der Waals surface area contributed by atoms with Gasteiger partial charge >= 0.3 is 6.18 Å². The van der Waals surface area contributed by atoms with Crippen molar-refractivity contribution in [1.29, 1.82) is 5.26 Å². The van der Waals surface area contributed by atoms with Crippen LogP contribution in [-0.4, -0.2) is 42.8 Å². The van der Waals surface area contributed by atoms with Gasteiger partial charge in [-0.1, -0.05) is 36.4 Å². The fraction of sp³-hybridized carbons (Fsp3) is 0.381. The van der Waals surface area contributed by atoms with Crippen molar-refractivity contribution in [3.63, 3.8) is 0 Å². The van der Waals surface area contributed by atoms with Crippen LogP contribution >= 0.6 is 0 Å². The first kappa shape index (κ1) is 23.7. The van der Waals surface area contributed by atoms with E-state index in [2.05, 4.69) is 15.6 Å². The maximum absolute atomic E-state index is 13.8. The molecule has 11 heteroatoms. The Morgan fingerprint density at radius 3 is 2.34 bits per heavy atom. The standard InChI is InChI=1S/C21H21F3N4O3S/c22-21(23,24)18(16-8-4-5-11-26-16)27-17(19(29)28-20(14-25)9-10-20)13-32(30,31)12-15-6-2-1-3-7-15/h1-8,11,17-18,27H,9-10,12-13H2,(H,28,29)/t17-,18-/m0/s1. The zero-order valence-electron chi connectivity index (χ0n) is 16.8. The fourth-order valence-corrected chi connectivity index (χ4v) is 4.72. The maximum atomic E-state index is 13.8. The van der Waals surface area contributed by atoms with Crippen molar-refractivity contribution in [2.45, 2.75) is 42.4 Å². The molecule has 1 aliphatic rings. The van der Waals surface area contributed by atoms with Crippen LogP contribution < -0.4 is 10.6 Å². The third kappa shape index (κ3) is 6.27. The number of hydrogen-bond acceptors (Lipinski definition) is 6. The highest BCUT2D eigenvalue weighted by molar-refractivity contribution is 7.90. The van der Waals surface area contributed by atoms with Crippen molar-refractivity contribution in [2.75, 3.05) is 5.75 Å². The van der Waals surface area contributed by atoms with E-state index in [4.69, 9.17) is 0 Å². The van der Waals surface area contributed by atoms with Crippen molar-refractivity contribution in [1.82, 2.24) is 15.6 Å². The molecule has 1 aromatic heterocycles. The van der Waals surface area contributed by atoms with Gasteiger partial charge in [-0.3, -0.25) is 15.1 Å². The van der Waals surface area contributed by atoms with Crippen molar-refractivity contribution in [2.24, 2.45) is 0 Å². The summed E-state index contributed by atoms with van der Waals surface area (Å²) in [5, 5.41) is 13.7. The SMILES string of the molecule is N#CC1(NC(=O)[C@H](CS(=O)(=O)Cc2ccccc2)N[C@@H](c2ccccn2)C(F)(F)F)CC1. The molecule has 1 amide bonds. The van der Waals surface area contributed by atoms with Gasteiger partial charge in [0.05, 0.1) is 23.3 Å². The number of halogens is 3. The molecule has 3 rings (SSSR count). The van der Waals surface area contributed by atoms with E-state index in [0.717, 1.165) is 6.07 Å². The second-order valence-electron chi connectivity index (χ2n) is 7.67. The smallest absolute Gasteiger partial charge is 0.336 e. The fourth-order valence-electron chi connectivity index (χ4n) is 3.15. The summed E-state index contributed by atoms with van der Waals surface area (Å²) in [5.74, 6) is -2.30. The lowest BCUT2D eigenvalue weighted by molar-refractivity contribution is -0.161. The van der Waals surface area contributed by atoms with E-state index in [1.165, 1.54) is 18.3 Å². The van der Waals surface area contributed by atoms with Crippen molar-refractivity contribution in [3.8, 4) is 6.07 Å². The predicted octanol–water partition coefficient (Wildman–Crippen LogP) is 2.43. The number of carbonyl (C=O) groups excluding carboxylic acids is 1. The minimum atomic E-state index is -4.84. The van der Waals surface area contributed by atoms with Gasteiger partial charge < -0.3 is 5.32 Å². The van der Waals surface area contributed by atoms with Crippen LogP contribution in [0, 0.1) is 11.3 Å². The topological polar surface area (TPSA) is 112 Å². The number of hydrogen-bond donors (Lipinski definition) is 2. The largest absolute Gasteiger partial charge is 0.409 e.